The predicted molar refractivity (Wildman–Crippen MR) is 88.8 cm³/mol. The van der Waals surface area contributed by atoms with E-state index < -0.39 is 0 Å². The van der Waals surface area contributed by atoms with Gasteiger partial charge in [-0.3, -0.25) is 0 Å². The Morgan fingerprint density at radius 2 is 1.95 bits per heavy atom. The van der Waals surface area contributed by atoms with Crippen LogP contribution in [0.5, 0.6) is 0 Å². The number of nitrogens with one attached hydrogen (secondary N) is 1. The van der Waals surface area contributed by atoms with Crippen LogP contribution in [0, 0.1) is 5.82 Å². The molecule has 2 rings (SSSR count). The molecule has 0 fully saturated rings. The van der Waals surface area contributed by atoms with Crippen LogP contribution in [0.4, 0.5) is 4.39 Å². The van der Waals surface area contributed by atoms with Gasteiger partial charge < -0.3 is 5.32 Å². The normalized spacial score (nSPS) is 12.4. The zero-order valence-corrected chi connectivity index (χ0v) is 14.7. The average molecular weight is 422 g/mol. The second-order valence-electron chi connectivity index (χ2n) is 4.33. The second-order valence-corrected chi connectivity index (χ2v) is 6.51. The third-order valence-corrected chi connectivity index (χ3v) is 4.68. The molecule has 0 saturated carbocycles. The van der Waals surface area contributed by atoms with Crippen LogP contribution in [0.15, 0.2) is 45.3 Å². The second kappa shape index (κ2) is 7.03. The van der Waals surface area contributed by atoms with E-state index in [0.717, 1.165) is 21.1 Å². The highest BCUT2D eigenvalue weighted by atomic mass is 79.9. The number of hydrogen-bond donors (Lipinski definition) is 1. The molecule has 1 nitrogen and oxygen atoms in total. The van der Waals surface area contributed by atoms with Gasteiger partial charge in [0.25, 0.3) is 0 Å². The van der Waals surface area contributed by atoms with Crippen LogP contribution >= 0.6 is 43.5 Å². The molecule has 1 atom stereocenters. The lowest BCUT2D eigenvalue weighted by molar-refractivity contribution is 0.558. The van der Waals surface area contributed by atoms with Gasteiger partial charge in [0.2, 0.25) is 0 Å². The maximum absolute atomic E-state index is 14.1. The zero-order chi connectivity index (χ0) is 14.7. The van der Waals surface area contributed by atoms with E-state index in [1.54, 1.807) is 12.1 Å². The third kappa shape index (κ3) is 3.61. The van der Waals surface area contributed by atoms with E-state index in [9.17, 15) is 4.39 Å². The summed E-state index contributed by atoms with van der Waals surface area (Å²) < 4.78 is 15.8. The van der Waals surface area contributed by atoms with Crippen LogP contribution < -0.4 is 5.32 Å². The van der Waals surface area contributed by atoms with Crippen LogP contribution in [-0.2, 0) is 0 Å². The molecule has 0 saturated heterocycles. The Balaban J connectivity index is 2.49. The van der Waals surface area contributed by atoms with E-state index in [1.165, 1.54) is 6.07 Å². The molecule has 1 N–H and O–H groups in total. The molecule has 0 aliphatic carbocycles. The monoisotopic (exact) mass is 419 g/mol. The van der Waals surface area contributed by atoms with Gasteiger partial charge in [0, 0.05) is 14.5 Å². The van der Waals surface area contributed by atoms with Gasteiger partial charge in [-0.05, 0) is 58.4 Å². The fourth-order valence-electron chi connectivity index (χ4n) is 2.04. The summed E-state index contributed by atoms with van der Waals surface area (Å²) in [6, 6.07) is 10.4. The molecular weight excluding hydrogens is 408 g/mol. The smallest absolute Gasteiger partial charge is 0.128 e. The largest absolute Gasteiger partial charge is 0.306 e. The van der Waals surface area contributed by atoms with E-state index in [1.807, 2.05) is 25.1 Å². The van der Waals surface area contributed by atoms with Crippen molar-refractivity contribution >= 4 is 43.5 Å². The Morgan fingerprint density at radius 1 is 1.20 bits per heavy atom. The van der Waals surface area contributed by atoms with Gasteiger partial charge in [-0.2, -0.15) is 0 Å². The molecule has 0 aliphatic heterocycles. The molecule has 5 heteroatoms. The number of hydrogen-bond acceptors (Lipinski definition) is 1. The fraction of sp³-hybridized carbons (Fsp3) is 0.200. The van der Waals surface area contributed by atoms with Crippen LogP contribution in [-0.4, -0.2) is 6.54 Å². The molecule has 1 unspecified atom stereocenters. The molecule has 0 spiro atoms. The summed E-state index contributed by atoms with van der Waals surface area (Å²) in [4.78, 5) is 0. The summed E-state index contributed by atoms with van der Waals surface area (Å²) in [5.74, 6) is -0.238. The van der Waals surface area contributed by atoms with Crippen molar-refractivity contribution < 1.29 is 4.39 Å². The van der Waals surface area contributed by atoms with Gasteiger partial charge in [-0.1, -0.05) is 40.5 Å². The molecule has 0 aromatic heterocycles. The molecule has 0 heterocycles. The topological polar surface area (TPSA) is 12.0 Å². The van der Waals surface area contributed by atoms with E-state index in [2.05, 4.69) is 37.2 Å². The average Bonchev–Trinajstić information content (AvgIpc) is 2.42. The first-order chi connectivity index (χ1) is 9.52. The first kappa shape index (κ1) is 16.0. The summed E-state index contributed by atoms with van der Waals surface area (Å²) in [7, 11) is 0. The van der Waals surface area contributed by atoms with Crippen molar-refractivity contribution in [3.8, 4) is 0 Å². The van der Waals surface area contributed by atoms with E-state index in [4.69, 9.17) is 11.6 Å². The quantitative estimate of drug-likeness (QED) is 0.667. The molecule has 2 aromatic carbocycles. The fourth-order valence-corrected chi connectivity index (χ4v) is 2.85. The molecule has 106 valence electrons. The Hall–Kier alpha value is -0.420. The summed E-state index contributed by atoms with van der Waals surface area (Å²) >= 11 is 12.9. The van der Waals surface area contributed by atoms with Gasteiger partial charge in [-0.25, -0.2) is 4.39 Å². The Labute approximate surface area is 139 Å². The van der Waals surface area contributed by atoms with E-state index in [-0.39, 0.29) is 11.9 Å². The van der Waals surface area contributed by atoms with E-state index >= 15 is 0 Å². The Morgan fingerprint density at radius 3 is 2.60 bits per heavy atom. The highest BCUT2D eigenvalue weighted by molar-refractivity contribution is 9.10. The van der Waals surface area contributed by atoms with Gasteiger partial charge >= 0.3 is 0 Å². The molecule has 0 bridgehead atoms. The van der Waals surface area contributed by atoms with Crippen molar-refractivity contribution in [3.05, 3.63) is 67.3 Å². The standard InChI is InChI=1S/C15H13Br2ClFN/c1-2-20-15(9-3-5-12(17)13(18)7-9)11-8-10(16)4-6-14(11)19/h3-8,15,20H,2H2,1H3. The predicted octanol–water partition coefficient (Wildman–Crippen LogP) is 5.70. The minimum absolute atomic E-state index is 0.233. The Bertz CT molecular complexity index is 619. The Kier molecular flexibility index (Phi) is 5.61. The first-order valence-electron chi connectivity index (χ1n) is 6.16. The lowest BCUT2D eigenvalue weighted by atomic mass is 9.98. The minimum atomic E-state index is -0.238. The minimum Gasteiger partial charge on any atom is -0.306 e. The first-order valence-corrected chi connectivity index (χ1v) is 8.12. The summed E-state index contributed by atoms with van der Waals surface area (Å²) in [5.41, 5.74) is 1.52. The maximum atomic E-state index is 14.1. The lowest BCUT2D eigenvalue weighted by Crippen LogP contribution is -2.23. The zero-order valence-electron chi connectivity index (χ0n) is 10.8. The van der Waals surface area contributed by atoms with Crippen LogP contribution in [0.25, 0.3) is 0 Å². The molecular formula is C15H13Br2ClFN. The summed E-state index contributed by atoms with van der Waals surface area (Å²) in [6.45, 7) is 2.72. The van der Waals surface area contributed by atoms with Crippen molar-refractivity contribution in [2.24, 2.45) is 0 Å². The molecule has 0 radical (unpaired) electrons. The molecule has 2 aromatic rings. The van der Waals surface area contributed by atoms with Gasteiger partial charge in [0.15, 0.2) is 0 Å². The van der Waals surface area contributed by atoms with Crippen LogP contribution in [0.3, 0.4) is 0 Å². The van der Waals surface area contributed by atoms with Crippen LogP contribution in [0.1, 0.15) is 24.1 Å². The summed E-state index contributed by atoms with van der Waals surface area (Å²) in [6.07, 6.45) is 0. The number of rotatable bonds is 4. The van der Waals surface area contributed by atoms with Crippen molar-refractivity contribution in [2.75, 3.05) is 6.54 Å². The van der Waals surface area contributed by atoms with Gasteiger partial charge in [-0.15, -0.1) is 0 Å². The molecule has 20 heavy (non-hydrogen) atoms. The molecule has 0 amide bonds. The maximum Gasteiger partial charge on any atom is 0.128 e. The van der Waals surface area contributed by atoms with Crippen molar-refractivity contribution in [3.63, 3.8) is 0 Å². The van der Waals surface area contributed by atoms with Crippen LogP contribution in [0.2, 0.25) is 5.02 Å². The lowest BCUT2D eigenvalue weighted by Gasteiger charge is -2.20. The van der Waals surface area contributed by atoms with Crippen molar-refractivity contribution in [1.29, 1.82) is 0 Å². The van der Waals surface area contributed by atoms with Crippen molar-refractivity contribution in [1.82, 2.24) is 5.32 Å². The van der Waals surface area contributed by atoms with E-state index in [0.29, 0.717) is 10.6 Å². The molecule has 0 aliphatic rings. The summed E-state index contributed by atoms with van der Waals surface area (Å²) in [5, 5.41) is 3.91. The van der Waals surface area contributed by atoms with Gasteiger partial charge in [0.1, 0.15) is 5.82 Å². The number of halogens is 4. The highest BCUT2D eigenvalue weighted by Gasteiger charge is 2.18. The highest BCUT2D eigenvalue weighted by Crippen LogP contribution is 2.31. The SMILES string of the molecule is CCNC(c1ccc(Br)c(Cl)c1)c1cc(Br)ccc1F. The van der Waals surface area contributed by atoms with Gasteiger partial charge in [0.05, 0.1) is 11.1 Å². The third-order valence-electron chi connectivity index (χ3n) is 2.95. The number of benzene rings is 2. The van der Waals surface area contributed by atoms with Crippen molar-refractivity contribution in [2.45, 2.75) is 13.0 Å².